The standard InChI is InChI=1S/C23H23N3O4S2/c1-29-21-12-9-18(15-22(21)30-2)25-23(31)24-17-7-10-19(11-8-17)32(27,28)26-14-13-16-5-3-4-6-20(16)26/h3-12,15H,13-14H2,1-2H3,(H2,24,25,31). The molecule has 32 heavy (non-hydrogen) atoms. The Morgan fingerprint density at radius 2 is 1.56 bits per heavy atom. The monoisotopic (exact) mass is 469 g/mol. The predicted octanol–water partition coefficient (Wildman–Crippen LogP) is 4.26. The second-order valence-electron chi connectivity index (χ2n) is 7.13. The summed E-state index contributed by atoms with van der Waals surface area (Å²) < 4.78 is 38.3. The molecule has 3 aromatic rings. The maximum Gasteiger partial charge on any atom is 0.264 e. The zero-order chi connectivity index (χ0) is 22.7. The Hall–Kier alpha value is -3.30. The average Bonchev–Trinajstić information content (AvgIpc) is 3.24. The van der Waals surface area contributed by atoms with Crippen molar-refractivity contribution >= 4 is 44.4 Å². The van der Waals surface area contributed by atoms with Crippen molar-refractivity contribution in [2.45, 2.75) is 11.3 Å². The van der Waals surface area contributed by atoms with Crippen LogP contribution in [0.3, 0.4) is 0 Å². The van der Waals surface area contributed by atoms with Gasteiger partial charge in [-0.1, -0.05) is 18.2 Å². The lowest BCUT2D eigenvalue weighted by atomic mass is 10.2. The third kappa shape index (κ3) is 4.35. The van der Waals surface area contributed by atoms with Gasteiger partial charge in [-0.3, -0.25) is 4.31 Å². The third-order valence-electron chi connectivity index (χ3n) is 5.19. The molecule has 0 aromatic heterocycles. The Morgan fingerprint density at radius 1 is 0.906 bits per heavy atom. The Bertz CT molecular complexity index is 1240. The second-order valence-corrected chi connectivity index (χ2v) is 9.40. The van der Waals surface area contributed by atoms with Crippen LogP contribution in [0, 0.1) is 0 Å². The van der Waals surface area contributed by atoms with Crippen LogP contribution in [0.2, 0.25) is 0 Å². The van der Waals surface area contributed by atoms with Gasteiger partial charge in [-0.05, 0) is 66.7 Å². The van der Waals surface area contributed by atoms with Crippen LogP contribution in [0.5, 0.6) is 11.5 Å². The summed E-state index contributed by atoms with van der Waals surface area (Å²) in [6.45, 7) is 0.445. The molecule has 0 aliphatic carbocycles. The van der Waals surface area contributed by atoms with Crippen molar-refractivity contribution in [1.82, 2.24) is 0 Å². The van der Waals surface area contributed by atoms with Crippen molar-refractivity contribution in [2.24, 2.45) is 0 Å². The number of sulfonamides is 1. The fourth-order valence-corrected chi connectivity index (χ4v) is 5.34. The first-order valence-corrected chi connectivity index (χ1v) is 11.8. The molecule has 1 aliphatic rings. The van der Waals surface area contributed by atoms with Crippen LogP contribution in [-0.2, 0) is 16.4 Å². The van der Waals surface area contributed by atoms with E-state index in [0.717, 1.165) is 16.9 Å². The molecule has 0 amide bonds. The lowest BCUT2D eigenvalue weighted by molar-refractivity contribution is 0.355. The minimum absolute atomic E-state index is 0.235. The molecule has 0 atom stereocenters. The van der Waals surface area contributed by atoms with Crippen molar-refractivity contribution in [1.29, 1.82) is 0 Å². The minimum atomic E-state index is -3.63. The molecule has 1 heterocycles. The third-order valence-corrected chi connectivity index (χ3v) is 7.22. The average molecular weight is 470 g/mol. The minimum Gasteiger partial charge on any atom is -0.493 e. The van der Waals surface area contributed by atoms with Crippen LogP contribution in [0.1, 0.15) is 5.56 Å². The van der Waals surface area contributed by atoms with Crippen molar-refractivity contribution in [3.05, 3.63) is 72.3 Å². The maximum absolute atomic E-state index is 13.1. The number of ether oxygens (including phenoxy) is 2. The zero-order valence-corrected chi connectivity index (χ0v) is 19.3. The number of benzene rings is 3. The number of hydrogen-bond acceptors (Lipinski definition) is 5. The molecule has 0 saturated heterocycles. The van der Waals surface area contributed by atoms with Gasteiger partial charge in [0.05, 0.1) is 24.8 Å². The summed E-state index contributed by atoms with van der Waals surface area (Å²) in [5.74, 6) is 1.20. The fourth-order valence-electron chi connectivity index (χ4n) is 3.60. The number of thiocarbonyl (C=S) groups is 1. The lowest BCUT2D eigenvalue weighted by Crippen LogP contribution is -2.29. The summed E-state index contributed by atoms with van der Waals surface area (Å²) in [6.07, 6.45) is 0.713. The lowest BCUT2D eigenvalue weighted by Gasteiger charge is -2.20. The molecule has 0 fully saturated rings. The molecule has 2 N–H and O–H groups in total. The fraction of sp³-hybridized carbons (Fsp3) is 0.174. The van der Waals surface area contributed by atoms with Gasteiger partial charge in [-0.25, -0.2) is 8.42 Å². The van der Waals surface area contributed by atoms with Crippen LogP contribution >= 0.6 is 12.2 Å². The number of hydrogen-bond donors (Lipinski definition) is 2. The molecule has 0 bridgehead atoms. The van der Waals surface area contributed by atoms with Gasteiger partial charge >= 0.3 is 0 Å². The summed E-state index contributed by atoms with van der Waals surface area (Å²) in [5, 5.41) is 6.50. The second kappa shape index (κ2) is 9.05. The van der Waals surface area contributed by atoms with Gasteiger partial charge < -0.3 is 20.1 Å². The number of rotatable bonds is 6. The summed E-state index contributed by atoms with van der Waals surface area (Å²) in [7, 11) is -0.492. The van der Waals surface area contributed by atoms with E-state index >= 15 is 0 Å². The Balaban J connectivity index is 1.44. The van der Waals surface area contributed by atoms with Gasteiger partial charge in [0.25, 0.3) is 10.0 Å². The van der Waals surface area contributed by atoms with Crippen LogP contribution in [0.25, 0.3) is 0 Å². The topological polar surface area (TPSA) is 79.9 Å². The van der Waals surface area contributed by atoms with Gasteiger partial charge in [0, 0.05) is 24.0 Å². The number of para-hydroxylation sites is 1. The Kier molecular flexibility index (Phi) is 6.20. The van der Waals surface area contributed by atoms with Crippen molar-refractivity contribution in [2.75, 3.05) is 35.7 Å². The molecule has 0 spiro atoms. The molecule has 9 heteroatoms. The first kappa shape index (κ1) is 21.9. The molecule has 0 radical (unpaired) electrons. The Morgan fingerprint density at radius 3 is 2.28 bits per heavy atom. The molecular formula is C23H23N3O4S2. The molecule has 0 saturated carbocycles. The smallest absolute Gasteiger partial charge is 0.264 e. The van der Waals surface area contributed by atoms with Crippen LogP contribution in [-0.4, -0.2) is 34.3 Å². The summed E-state index contributed by atoms with van der Waals surface area (Å²) in [4.78, 5) is 0.235. The molecule has 4 rings (SSSR count). The van der Waals surface area contributed by atoms with E-state index in [1.54, 1.807) is 50.6 Å². The van der Waals surface area contributed by atoms with Gasteiger partial charge in [0.1, 0.15) is 0 Å². The van der Waals surface area contributed by atoms with E-state index in [4.69, 9.17) is 21.7 Å². The highest BCUT2D eigenvalue weighted by Gasteiger charge is 2.30. The number of anilines is 3. The van der Waals surface area contributed by atoms with E-state index in [1.807, 2.05) is 30.3 Å². The molecule has 1 aliphatic heterocycles. The van der Waals surface area contributed by atoms with Crippen LogP contribution in [0.4, 0.5) is 17.1 Å². The number of nitrogens with zero attached hydrogens (tertiary/aromatic N) is 1. The largest absolute Gasteiger partial charge is 0.493 e. The van der Waals surface area contributed by atoms with E-state index in [-0.39, 0.29) is 4.90 Å². The van der Waals surface area contributed by atoms with E-state index in [1.165, 1.54) is 4.31 Å². The van der Waals surface area contributed by atoms with E-state index in [0.29, 0.717) is 35.3 Å². The van der Waals surface area contributed by atoms with Crippen LogP contribution in [0.15, 0.2) is 71.6 Å². The SMILES string of the molecule is COc1ccc(NC(=S)Nc2ccc(S(=O)(=O)N3CCc4ccccc43)cc2)cc1OC. The normalized spacial score (nSPS) is 12.8. The molecule has 3 aromatic carbocycles. The first-order chi connectivity index (χ1) is 15.4. The molecule has 7 nitrogen and oxygen atoms in total. The van der Waals surface area contributed by atoms with Gasteiger partial charge in [-0.2, -0.15) is 0 Å². The molecule has 166 valence electrons. The highest BCUT2D eigenvalue weighted by molar-refractivity contribution is 7.92. The van der Waals surface area contributed by atoms with Crippen molar-refractivity contribution < 1.29 is 17.9 Å². The van der Waals surface area contributed by atoms with E-state index < -0.39 is 10.0 Å². The summed E-state index contributed by atoms with van der Waals surface area (Å²) in [5.41, 5.74) is 3.19. The summed E-state index contributed by atoms with van der Waals surface area (Å²) in [6, 6.07) is 19.5. The van der Waals surface area contributed by atoms with E-state index in [2.05, 4.69) is 10.6 Å². The molecule has 0 unspecified atom stereocenters. The number of nitrogens with one attached hydrogen (secondary N) is 2. The highest BCUT2D eigenvalue weighted by atomic mass is 32.2. The van der Waals surface area contributed by atoms with Gasteiger partial charge in [0.15, 0.2) is 16.6 Å². The van der Waals surface area contributed by atoms with Gasteiger partial charge in [0.2, 0.25) is 0 Å². The molecular weight excluding hydrogens is 446 g/mol. The quantitative estimate of drug-likeness (QED) is 0.522. The van der Waals surface area contributed by atoms with Crippen molar-refractivity contribution in [3.8, 4) is 11.5 Å². The zero-order valence-electron chi connectivity index (χ0n) is 17.7. The maximum atomic E-state index is 13.1. The predicted molar refractivity (Wildman–Crippen MR) is 131 cm³/mol. The number of methoxy groups -OCH3 is 2. The highest BCUT2D eigenvalue weighted by Crippen LogP contribution is 2.33. The van der Waals surface area contributed by atoms with Crippen molar-refractivity contribution in [3.63, 3.8) is 0 Å². The van der Waals surface area contributed by atoms with E-state index in [9.17, 15) is 8.42 Å². The number of fused-ring (bicyclic) bond motifs is 1. The summed E-state index contributed by atoms with van der Waals surface area (Å²) >= 11 is 5.38. The Labute approximate surface area is 193 Å². The van der Waals surface area contributed by atoms with Gasteiger partial charge in [-0.15, -0.1) is 0 Å². The van der Waals surface area contributed by atoms with Crippen LogP contribution < -0.4 is 24.4 Å². The first-order valence-electron chi connectivity index (χ1n) is 9.93.